The van der Waals surface area contributed by atoms with Gasteiger partial charge >= 0.3 is 0 Å². The molecule has 0 spiro atoms. The van der Waals surface area contributed by atoms with Crippen LogP contribution in [0.2, 0.25) is 0 Å². The minimum Gasteiger partial charge on any atom is -0.324 e. The minimum absolute atomic E-state index is 0.0375. The molecular formula is C19H13ClN2O2. The van der Waals surface area contributed by atoms with Crippen LogP contribution in [0.1, 0.15) is 16.8 Å². The Morgan fingerprint density at radius 2 is 1.83 bits per heavy atom. The fourth-order valence-electron chi connectivity index (χ4n) is 3.11. The van der Waals surface area contributed by atoms with Gasteiger partial charge < -0.3 is 5.32 Å². The van der Waals surface area contributed by atoms with Gasteiger partial charge in [-0.3, -0.25) is 14.6 Å². The van der Waals surface area contributed by atoms with E-state index in [1.54, 1.807) is 12.3 Å². The molecule has 3 aromatic rings. The van der Waals surface area contributed by atoms with Gasteiger partial charge in [0.2, 0.25) is 5.91 Å². The zero-order chi connectivity index (χ0) is 16.7. The van der Waals surface area contributed by atoms with Crippen molar-refractivity contribution in [1.82, 2.24) is 0 Å². The minimum atomic E-state index is -0.294. The van der Waals surface area contributed by atoms with Crippen LogP contribution < -0.4 is 5.32 Å². The van der Waals surface area contributed by atoms with Gasteiger partial charge in [-0.15, -0.1) is 11.6 Å². The molecule has 0 radical (unpaired) electrons. The van der Waals surface area contributed by atoms with Crippen LogP contribution >= 0.6 is 11.6 Å². The highest BCUT2D eigenvalue weighted by atomic mass is 35.5. The van der Waals surface area contributed by atoms with Crippen molar-refractivity contribution in [3.8, 4) is 0 Å². The summed E-state index contributed by atoms with van der Waals surface area (Å²) in [6, 6.07) is 13.6. The number of halogens is 1. The summed E-state index contributed by atoms with van der Waals surface area (Å²) in [4.78, 5) is 28.5. The van der Waals surface area contributed by atoms with Crippen molar-refractivity contribution in [1.29, 1.82) is 0 Å². The van der Waals surface area contributed by atoms with Gasteiger partial charge in [-0.2, -0.15) is 0 Å². The van der Waals surface area contributed by atoms with Gasteiger partial charge in [0.25, 0.3) is 0 Å². The molecule has 1 aliphatic heterocycles. The number of ketones is 1. The van der Waals surface area contributed by atoms with Gasteiger partial charge in [0.15, 0.2) is 5.78 Å². The molecule has 0 fully saturated rings. The molecule has 0 saturated carbocycles. The molecule has 0 bridgehead atoms. The van der Waals surface area contributed by atoms with Crippen molar-refractivity contribution in [3.05, 3.63) is 48.0 Å². The average Bonchev–Trinajstić information content (AvgIpc) is 2.60. The van der Waals surface area contributed by atoms with Crippen LogP contribution in [0.3, 0.4) is 0 Å². The Labute approximate surface area is 143 Å². The molecule has 4 rings (SSSR count). The van der Waals surface area contributed by atoms with Crippen molar-refractivity contribution >= 4 is 62.4 Å². The third-order valence-electron chi connectivity index (χ3n) is 4.16. The summed E-state index contributed by atoms with van der Waals surface area (Å²) in [7, 11) is 0. The standard InChI is InChI=1S/C19H13ClN2O2/c20-10-18(24)22-15-9-16-19(17(23)5-6-21-16)14-8-12-4-2-1-3-11(12)7-13(14)15/h1-4,6-9H,5,10H2,(H,22,24). The number of benzene rings is 3. The number of nitrogens with zero attached hydrogens (tertiary/aromatic N) is 1. The number of rotatable bonds is 2. The first-order valence-corrected chi connectivity index (χ1v) is 8.12. The molecular weight excluding hydrogens is 324 g/mol. The number of Topliss-reactive ketones (excluding diaryl/α,β-unsaturated/α-hetero) is 1. The molecule has 0 aliphatic carbocycles. The van der Waals surface area contributed by atoms with E-state index in [1.165, 1.54) is 0 Å². The van der Waals surface area contributed by atoms with E-state index in [0.29, 0.717) is 23.4 Å². The van der Waals surface area contributed by atoms with Crippen molar-refractivity contribution < 1.29 is 9.59 Å². The lowest BCUT2D eigenvalue weighted by Crippen LogP contribution is -2.14. The maximum Gasteiger partial charge on any atom is 0.239 e. The summed E-state index contributed by atoms with van der Waals surface area (Å²) in [6.07, 6.45) is 1.90. The third-order valence-corrected chi connectivity index (χ3v) is 4.41. The van der Waals surface area contributed by atoms with Gasteiger partial charge in [-0.05, 0) is 34.4 Å². The molecule has 1 amide bonds. The molecule has 3 aromatic carbocycles. The Bertz CT molecular complexity index is 1040. The number of anilines is 1. The number of fused-ring (bicyclic) bond motifs is 4. The van der Waals surface area contributed by atoms with Crippen molar-refractivity contribution in [3.63, 3.8) is 0 Å². The van der Waals surface area contributed by atoms with Crippen LogP contribution in [-0.2, 0) is 4.79 Å². The fourth-order valence-corrected chi connectivity index (χ4v) is 3.17. The second-order valence-corrected chi connectivity index (χ2v) is 5.95. The number of hydrogen-bond donors (Lipinski definition) is 1. The summed E-state index contributed by atoms with van der Waals surface area (Å²) in [5.74, 6) is -0.387. The topological polar surface area (TPSA) is 58.5 Å². The molecule has 1 N–H and O–H groups in total. The predicted octanol–water partition coefficient (Wildman–Crippen LogP) is 4.46. The molecule has 0 unspecified atom stereocenters. The van der Waals surface area contributed by atoms with E-state index < -0.39 is 0 Å². The molecule has 0 saturated heterocycles. The zero-order valence-corrected chi connectivity index (χ0v) is 13.4. The van der Waals surface area contributed by atoms with E-state index >= 15 is 0 Å². The molecule has 1 heterocycles. The fraction of sp³-hybridized carbons (Fsp3) is 0.105. The number of aliphatic imine (C=N–C) groups is 1. The number of carbonyl (C=O) groups is 2. The largest absolute Gasteiger partial charge is 0.324 e. The van der Waals surface area contributed by atoms with E-state index in [0.717, 1.165) is 21.5 Å². The number of amides is 1. The Kier molecular flexibility index (Phi) is 3.54. The average molecular weight is 337 g/mol. The smallest absolute Gasteiger partial charge is 0.239 e. The van der Waals surface area contributed by atoms with Crippen molar-refractivity contribution in [2.24, 2.45) is 4.99 Å². The zero-order valence-electron chi connectivity index (χ0n) is 12.7. The second kappa shape index (κ2) is 5.73. The quantitative estimate of drug-likeness (QED) is 0.555. The lowest BCUT2D eigenvalue weighted by atomic mass is 9.93. The van der Waals surface area contributed by atoms with Gasteiger partial charge in [0.1, 0.15) is 5.88 Å². The summed E-state index contributed by atoms with van der Waals surface area (Å²) in [5, 5.41) is 6.51. The Morgan fingerprint density at radius 1 is 1.12 bits per heavy atom. The van der Waals surface area contributed by atoms with Crippen LogP contribution in [0, 0.1) is 0 Å². The van der Waals surface area contributed by atoms with Crippen LogP contribution in [0.25, 0.3) is 21.5 Å². The molecule has 118 valence electrons. The highest BCUT2D eigenvalue weighted by Crippen LogP contribution is 2.38. The van der Waals surface area contributed by atoms with Gasteiger partial charge in [0, 0.05) is 18.0 Å². The van der Waals surface area contributed by atoms with E-state index in [2.05, 4.69) is 10.3 Å². The molecule has 5 heteroatoms. The van der Waals surface area contributed by atoms with Crippen LogP contribution in [0.5, 0.6) is 0 Å². The third kappa shape index (κ3) is 2.36. The Hall–Kier alpha value is -2.72. The SMILES string of the molecule is O=C(CCl)Nc1cc2c(c3cc4ccccc4cc13)C(=O)CC=N2. The van der Waals surface area contributed by atoms with E-state index in [9.17, 15) is 9.59 Å². The van der Waals surface area contributed by atoms with E-state index in [-0.39, 0.29) is 17.6 Å². The number of carbonyl (C=O) groups excluding carboxylic acids is 2. The lowest BCUT2D eigenvalue weighted by molar-refractivity contribution is -0.113. The molecule has 1 aliphatic rings. The second-order valence-electron chi connectivity index (χ2n) is 5.68. The highest BCUT2D eigenvalue weighted by Gasteiger charge is 2.21. The maximum atomic E-state index is 12.4. The van der Waals surface area contributed by atoms with Crippen molar-refractivity contribution in [2.75, 3.05) is 11.2 Å². The van der Waals surface area contributed by atoms with Crippen LogP contribution in [0.15, 0.2) is 47.5 Å². The molecule has 0 aromatic heterocycles. The Morgan fingerprint density at radius 3 is 2.54 bits per heavy atom. The summed E-state index contributed by atoms with van der Waals surface area (Å²) >= 11 is 5.62. The maximum absolute atomic E-state index is 12.4. The van der Waals surface area contributed by atoms with Gasteiger partial charge in [-0.25, -0.2) is 0 Å². The lowest BCUT2D eigenvalue weighted by Gasteiger charge is -2.17. The number of hydrogen-bond acceptors (Lipinski definition) is 3. The van der Waals surface area contributed by atoms with Crippen molar-refractivity contribution in [2.45, 2.75) is 6.42 Å². The normalized spacial score (nSPS) is 13.3. The molecule has 0 atom stereocenters. The number of nitrogens with one attached hydrogen (secondary N) is 1. The monoisotopic (exact) mass is 336 g/mol. The number of alkyl halides is 1. The first-order valence-electron chi connectivity index (χ1n) is 7.58. The van der Waals surface area contributed by atoms with Crippen LogP contribution in [-0.4, -0.2) is 23.8 Å². The van der Waals surface area contributed by atoms with Gasteiger partial charge in [-0.1, -0.05) is 24.3 Å². The highest BCUT2D eigenvalue weighted by molar-refractivity contribution is 6.30. The first kappa shape index (κ1) is 14.8. The van der Waals surface area contributed by atoms with Crippen LogP contribution in [0.4, 0.5) is 11.4 Å². The first-order chi connectivity index (χ1) is 11.7. The van der Waals surface area contributed by atoms with Gasteiger partial charge in [0.05, 0.1) is 16.9 Å². The summed E-state index contributed by atoms with van der Waals surface area (Å²) in [6.45, 7) is 0. The predicted molar refractivity (Wildman–Crippen MR) is 97.9 cm³/mol. The molecule has 24 heavy (non-hydrogen) atoms. The Balaban J connectivity index is 2.10. The summed E-state index contributed by atoms with van der Waals surface area (Å²) < 4.78 is 0. The van der Waals surface area contributed by atoms with E-state index in [1.807, 2.05) is 36.4 Å². The summed E-state index contributed by atoms with van der Waals surface area (Å²) in [5.41, 5.74) is 1.81. The van der Waals surface area contributed by atoms with E-state index in [4.69, 9.17) is 11.6 Å². The molecule has 4 nitrogen and oxygen atoms in total.